The molecule has 3 N–H and O–H groups in total. The number of pyridine rings is 1. The number of rotatable bonds is 7. The molecule has 1 fully saturated rings. The summed E-state index contributed by atoms with van der Waals surface area (Å²) in [5, 5.41) is 5.84. The molecule has 8 nitrogen and oxygen atoms in total. The fraction of sp³-hybridized carbons (Fsp3) is 0.368. The van der Waals surface area contributed by atoms with Crippen molar-refractivity contribution in [3.63, 3.8) is 0 Å². The first-order chi connectivity index (χ1) is 13.5. The molecule has 2 aromatic rings. The van der Waals surface area contributed by atoms with Crippen LogP contribution in [0, 0.1) is 0 Å². The van der Waals surface area contributed by atoms with Gasteiger partial charge in [-0.25, -0.2) is 13.4 Å². The Morgan fingerprint density at radius 3 is 2.61 bits per heavy atom. The van der Waals surface area contributed by atoms with E-state index in [2.05, 4.69) is 15.6 Å². The summed E-state index contributed by atoms with van der Waals surface area (Å²) in [6, 6.07) is 10.8. The minimum atomic E-state index is -3.54. The monoisotopic (exact) mass is 405 g/mol. The van der Waals surface area contributed by atoms with E-state index in [-0.39, 0.29) is 17.3 Å². The van der Waals surface area contributed by atoms with Crippen molar-refractivity contribution in [1.29, 1.82) is 0 Å². The fourth-order valence-electron chi connectivity index (χ4n) is 2.94. The van der Waals surface area contributed by atoms with Crippen molar-refractivity contribution in [3.05, 3.63) is 48.2 Å². The lowest BCUT2D eigenvalue weighted by Crippen LogP contribution is -2.40. The third-order valence-corrected chi connectivity index (χ3v) is 6.40. The van der Waals surface area contributed by atoms with E-state index < -0.39 is 10.0 Å². The van der Waals surface area contributed by atoms with Gasteiger partial charge < -0.3 is 10.1 Å². The summed E-state index contributed by atoms with van der Waals surface area (Å²) in [4.78, 5) is 15.3. The molecule has 0 atom stereocenters. The molecule has 0 saturated carbocycles. The molecule has 0 radical (unpaired) electrons. The molecule has 28 heavy (non-hydrogen) atoms. The number of hydrogen-bond acceptors (Lipinski definition) is 5. The van der Waals surface area contributed by atoms with E-state index in [0.29, 0.717) is 32.1 Å². The zero-order valence-corrected chi connectivity index (χ0v) is 16.6. The van der Waals surface area contributed by atoms with Crippen LogP contribution in [0.4, 0.5) is 11.5 Å². The van der Waals surface area contributed by atoms with Crippen LogP contribution in [-0.4, -0.2) is 51.5 Å². The van der Waals surface area contributed by atoms with E-state index >= 15 is 0 Å². The molecule has 1 aliphatic heterocycles. The highest BCUT2D eigenvalue weighted by Crippen LogP contribution is 2.17. The second kappa shape index (κ2) is 9.13. The molecule has 0 spiro atoms. The number of aryl methyl sites for hydroxylation is 1. The maximum Gasteiger partial charge on any atom is 0.272 e. The first-order valence-corrected chi connectivity index (χ1v) is 10.7. The van der Waals surface area contributed by atoms with Gasteiger partial charge >= 0.3 is 0 Å². The minimum Gasteiger partial charge on any atom is -0.379 e. The number of carbonyl (C=O) groups excluding carboxylic acids is 1. The third-order valence-electron chi connectivity index (χ3n) is 4.50. The molecule has 1 saturated heterocycles. The zero-order valence-electron chi connectivity index (χ0n) is 15.8. The highest BCUT2D eigenvalue weighted by atomic mass is 32.2. The van der Waals surface area contributed by atoms with E-state index in [1.54, 1.807) is 6.07 Å². The number of nitrogens with zero attached hydrogens (tertiary/aromatic N) is 1. The Morgan fingerprint density at radius 2 is 1.93 bits per heavy atom. The highest BCUT2D eigenvalue weighted by molar-refractivity contribution is 7.89. The number of amides is 1. The molecule has 0 aliphatic carbocycles. The minimum absolute atomic E-state index is 0.0596. The van der Waals surface area contributed by atoms with Crippen LogP contribution in [0.3, 0.4) is 0 Å². The first-order valence-electron chi connectivity index (χ1n) is 9.22. The summed E-state index contributed by atoms with van der Waals surface area (Å²) < 4.78 is 31.8. The number of para-hydroxylation sites is 1. The fourth-order valence-corrected chi connectivity index (χ4v) is 4.31. The standard InChI is InChI=1S/C19H24N4O4S/c1-2-15-5-3-4-6-17(15)22-19(24)14-21-18-8-7-16(13-20-18)28(25,26)23-9-11-27-12-10-23/h3-8,13H,2,9-12,14H2,1H3,(H,20,21)(H,22,24)/p+1. The van der Waals surface area contributed by atoms with Crippen molar-refractivity contribution in [1.82, 2.24) is 4.31 Å². The number of carbonyl (C=O) groups is 1. The lowest BCUT2D eigenvalue weighted by atomic mass is 10.1. The molecule has 0 unspecified atom stereocenters. The Labute approximate surface area is 165 Å². The van der Waals surface area contributed by atoms with Crippen LogP contribution >= 0.6 is 0 Å². The van der Waals surface area contributed by atoms with Gasteiger partial charge in [0.15, 0.2) is 6.54 Å². The smallest absolute Gasteiger partial charge is 0.272 e. The molecule has 1 aliphatic rings. The van der Waals surface area contributed by atoms with Gasteiger partial charge in [-0.2, -0.15) is 4.31 Å². The summed E-state index contributed by atoms with van der Waals surface area (Å²) in [5.74, 6) is 0.374. The van der Waals surface area contributed by atoms with Crippen molar-refractivity contribution in [2.24, 2.45) is 0 Å². The molecule has 9 heteroatoms. The predicted octanol–water partition coefficient (Wildman–Crippen LogP) is 1.13. The van der Waals surface area contributed by atoms with Gasteiger partial charge in [-0.05, 0) is 24.1 Å². The second-order valence-electron chi connectivity index (χ2n) is 6.37. The summed E-state index contributed by atoms with van der Waals surface area (Å²) >= 11 is 0. The number of sulfonamides is 1. The number of hydrogen-bond donors (Lipinski definition) is 2. The van der Waals surface area contributed by atoms with E-state index in [1.165, 1.54) is 16.6 Å². The molecule has 0 bridgehead atoms. The zero-order chi connectivity index (χ0) is 20.0. The number of H-pyrrole nitrogens is 1. The Bertz CT molecular complexity index is 910. The Morgan fingerprint density at radius 1 is 1.18 bits per heavy atom. The molecule has 2 heterocycles. The van der Waals surface area contributed by atoms with Gasteiger partial charge in [-0.1, -0.05) is 25.1 Å². The van der Waals surface area contributed by atoms with Crippen LogP contribution in [0.1, 0.15) is 12.5 Å². The van der Waals surface area contributed by atoms with Crippen LogP contribution in [0.5, 0.6) is 0 Å². The van der Waals surface area contributed by atoms with Gasteiger partial charge in [0.2, 0.25) is 10.0 Å². The maximum absolute atomic E-state index is 12.6. The van der Waals surface area contributed by atoms with Crippen molar-refractivity contribution < 1.29 is 22.9 Å². The van der Waals surface area contributed by atoms with Crippen molar-refractivity contribution >= 4 is 27.4 Å². The van der Waals surface area contributed by atoms with Crippen LogP contribution < -0.4 is 15.6 Å². The normalized spacial score (nSPS) is 15.2. The number of anilines is 2. The number of benzene rings is 1. The summed E-state index contributed by atoms with van der Waals surface area (Å²) in [6.07, 6.45) is 2.26. The molecular formula is C19H25N4O4S+. The first kappa shape index (κ1) is 20.2. The number of aromatic nitrogens is 1. The predicted molar refractivity (Wildman–Crippen MR) is 106 cm³/mol. The topological polar surface area (TPSA) is 102 Å². The summed E-state index contributed by atoms with van der Waals surface area (Å²) in [5.41, 5.74) is 1.87. The van der Waals surface area contributed by atoms with E-state index in [0.717, 1.165) is 17.7 Å². The number of nitrogens with one attached hydrogen (secondary N) is 3. The van der Waals surface area contributed by atoms with Crippen LogP contribution in [0.2, 0.25) is 0 Å². The van der Waals surface area contributed by atoms with Gasteiger partial charge in [0.1, 0.15) is 11.1 Å². The van der Waals surface area contributed by atoms with Crippen molar-refractivity contribution in [3.8, 4) is 0 Å². The van der Waals surface area contributed by atoms with Gasteiger partial charge in [0.25, 0.3) is 11.7 Å². The second-order valence-corrected chi connectivity index (χ2v) is 8.30. The van der Waals surface area contributed by atoms with E-state index in [1.807, 2.05) is 31.2 Å². The molecule has 1 amide bonds. The van der Waals surface area contributed by atoms with Gasteiger partial charge in [-0.15, -0.1) is 0 Å². The molecule has 3 rings (SSSR count). The molecular weight excluding hydrogens is 380 g/mol. The average molecular weight is 406 g/mol. The summed E-state index contributed by atoms with van der Waals surface area (Å²) in [6.45, 7) is 3.59. The highest BCUT2D eigenvalue weighted by Gasteiger charge is 2.27. The lowest BCUT2D eigenvalue weighted by Gasteiger charge is -2.25. The average Bonchev–Trinajstić information content (AvgIpc) is 2.73. The Kier molecular flexibility index (Phi) is 6.61. The van der Waals surface area contributed by atoms with Crippen LogP contribution in [0.25, 0.3) is 0 Å². The van der Waals surface area contributed by atoms with Crippen LogP contribution in [-0.2, 0) is 26.0 Å². The lowest BCUT2D eigenvalue weighted by molar-refractivity contribution is -0.364. The molecule has 1 aromatic carbocycles. The Hall–Kier alpha value is -2.49. The van der Waals surface area contributed by atoms with Crippen LogP contribution in [0.15, 0.2) is 47.5 Å². The number of morpholine rings is 1. The molecule has 150 valence electrons. The van der Waals surface area contributed by atoms with Crippen molar-refractivity contribution in [2.45, 2.75) is 18.2 Å². The van der Waals surface area contributed by atoms with Gasteiger partial charge in [0, 0.05) is 24.8 Å². The maximum atomic E-state index is 12.6. The van der Waals surface area contributed by atoms with Gasteiger partial charge in [0.05, 0.1) is 13.2 Å². The summed E-state index contributed by atoms with van der Waals surface area (Å²) in [7, 11) is -3.54. The number of aromatic amines is 1. The molecule has 1 aromatic heterocycles. The Balaban J connectivity index is 1.57. The SMILES string of the molecule is CCc1ccccc1NC(=O)CNc1ccc(S(=O)(=O)N2CCOCC2)c[nH+]1. The quantitative estimate of drug-likeness (QED) is 0.719. The number of ether oxygens (including phenoxy) is 1. The third kappa shape index (κ3) is 4.86. The van der Waals surface area contributed by atoms with Crippen molar-refractivity contribution in [2.75, 3.05) is 43.5 Å². The van der Waals surface area contributed by atoms with E-state index in [9.17, 15) is 13.2 Å². The largest absolute Gasteiger partial charge is 0.379 e. The van der Waals surface area contributed by atoms with Gasteiger partial charge in [-0.3, -0.25) is 10.1 Å². The van der Waals surface area contributed by atoms with E-state index in [4.69, 9.17) is 4.74 Å².